The molecule has 1 aromatic carbocycles. The lowest BCUT2D eigenvalue weighted by atomic mass is 10.1. The van der Waals surface area contributed by atoms with Crippen LogP contribution in [-0.4, -0.2) is 61.4 Å². The van der Waals surface area contributed by atoms with Gasteiger partial charge >= 0.3 is 0 Å². The molecule has 0 bridgehead atoms. The summed E-state index contributed by atoms with van der Waals surface area (Å²) >= 11 is 0. The number of halogens is 2. The average molecular weight is 414 g/mol. The van der Waals surface area contributed by atoms with Crippen LogP contribution in [0.5, 0.6) is 0 Å². The van der Waals surface area contributed by atoms with E-state index in [9.17, 15) is 13.6 Å². The van der Waals surface area contributed by atoms with Crippen LogP contribution >= 0.6 is 0 Å². The van der Waals surface area contributed by atoms with Crippen molar-refractivity contribution in [2.75, 3.05) is 26.2 Å². The van der Waals surface area contributed by atoms with Gasteiger partial charge < -0.3 is 4.90 Å². The van der Waals surface area contributed by atoms with Gasteiger partial charge in [0.1, 0.15) is 12.4 Å². The number of rotatable bonds is 5. The molecule has 3 heterocycles. The van der Waals surface area contributed by atoms with E-state index < -0.39 is 11.6 Å². The third-order valence-electron chi connectivity index (χ3n) is 5.33. The molecule has 2 aromatic heterocycles. The van der Waals surface area contributed by atoms with Crippen molar-refractivity contribution in [3.63, 3.8) is 0 Å². The number of carbonyl (C=O) groups is 1. The SMILES string of the molecule is Cc1cc(C)n(Cn2ccc(C(=O)N3CCN(Cc4cccc(F)c4F)CC3)n2)n1. The van der Waals surface area contributed by atoms with Crippen molar-refractivity contribution in [1.82, 2.24) is 29.4 Å². The van der Waals surface area contributed by atoms with Gasteiger partial charge in [-0.15, -0.1) is 0 Å². The van der Waals surface area contributed by atoms with Crippen LogP contribution in [0, 0.1) is 25.5 Å². The van der Waals surface area contributed by atoms with E-state index in [4.69, 9.17) is 0 Å². The molecule has 0 spiro atoms. The van der Waals surface area contributed by atoms with E-state index in [-0.39, 0.29) is 5.91 Å². The molecule has 1 fully saturated rings. The lowest BCUT2D eigenvalue weighted by molar-refractivity contribution is 0.0620. The van der Waals surface area contributed by atoms with Crippen LogP contribution in [0.25, 0.3) is 0 Å². The fraction of sp³-hybridized carbons (Fsp3) is 0.381. The van der Waals surface area contributed by atoms with Crippen molar-refractivity contribution in [1.29, 1.82) is 0 Å². The zero-order valence-corrected chi connectivity index (χ0v) is 17.1. The third-order valence-corrected chi connectivity index (χ3v) is 5.33. The minimum absolute atomic E-state index is 0.126. The van der Waals surface area contributed by atoms with Gasteiger partial charge in [-0.2, -0.15) is 10.2 Å². The number of piperazine rings is 1. The molecule has 158 valence electrons. The summed E-state index contributed by atoms with van der Waals surface area (Å²) in [6, 6.07) is 7.91. The van der Waals surface area contributed by atoms with Crippen molar-refractivity contribution in [2.45, 2.75) is 27.1 Å². The monoisotopic (exact) mass is 414 g/mol. The van der Waals surface area contributed by atoms with Gasteiger partial charge in [-0.3, -0.25) is 14.4 Å². The van der Waals surface area contributed by atoms with Crippen LogP contribution in [0.4, 0.5) is 8.78 Å². The first-order chi connectivity index (χ1) is 14.4. The Morgan fingerprint density at radius 2 is 1.83 bits per heavy atom. The normalized spacial score (nSPS) is 15.0. The molecule has 7 nitrogen and oxygen atoms in total. The smallest absolute Gasteiger partial charge is 0.274 e. The van der Waals surface area contributed by atoms with E-state index in [2.05, 4.69) is 10.2 Å². The molecular weight excluding hydrogens is 390 g/mol. The van der Waals surface area contributed by atoms with Crippen LogP contribution in [-0.2, 0) is 13.2 Å². The molecule has 0 N–H and O–H groups in total. The van der Waals surface area contributed by atoms with E-state index in [0.29, 0.717) is 50.6 Å². The summed E-state index contributed by atoms with van der Waals surface area (Å²) in [5.74, 6) is -1.76. The first-order valence-corrected chi connectivity index (χ1v) is 9.90. The van der Waals surface area contributed by atoms with Crippen molar-refractivity contribution < 1.29 is 13.6 Å². The highest BCUT2D eigenvalue weighted by Gasteiger charge is 2.24. The first kappa shape index (κ1) is 20.2. The van der Waals surface area contributed by atoms with Gasteiger partial charge in [-0.05, 0) is 32.0 Å². The second-order valence-electron chi connectivity index (χ2n) is 7.59. The fourth-order valence-corrected chi connectivity index (χ4v) is 3.69. The Labute approximate surface area is 173 Å². The first-order valence-electron chi connectivity index (χ1n) is 9.90. The quantitative estimate of drug-likeness (QED) is 0.644. The van der Waals surface area contributed by atoms with Gasteiger partial charge in [-0.1, -0.05) is 12.1 Å². The second-order valence-corrected chi connectivity index (χ2v) is 7.59. The molecule has 1 amide bonds. The number of aryl methyl sites for hydroxylation is 2. The molecule has 1 saturated heterocycles. The highest BCUT2D eigenvalue weighted by Crippen LogP contribution is 2.16. The molecule has 0 saturated carbocycles. The fourth-order valence-electron chi connectivity index (χ4n) is 3.69. The van der Waals surface area contributed by atoms with Crippen molar-refractivity contribution in [3.8, 4) is 0 Å². The van der Waals surface area contributed by atoms with Gasteiger partial charge in [0.05, 0.1) is 5.69 Å². The number of amides is 1. The predicted molar refractivity (Wildman–Crippen MR) is 107 cm³/mol. The standard InChI is InChI=1S/C21H24F2N6O/c1-15-12-16(2)29(24-15)14-28-7-6-19(25-28)21(30)27-10-8-26(9-11-27)13-17-4-3-5-18(22)20(17)23/h3-7,12H,8-11,13-14H2,1-2H3. The molecule has 1 aliphatic heterocycles. The summed E-state index contributed by atoms with van der Waals surface area (Å²) in [6.07, 6.45) is 1.77. The highest BCUT2D eigenvalue weighted by atomic mass is 19.2. The number of nitrogens with zero attached hydrogens (tertiary/aromatic N) is 6. The van der Waals surface area contributed by atoms with Gasteiger partial charge in [0, 0.05) is 50.2 Å². The van der Waals surface area contributed by atoms with E-state index in [1.54, 1.807) is 27.9 Å². The molecule has 9 heteroatoms. The Balaban J connectivity index is 1.34. The highest BCUT2D eigenvalue weighted by molar-refractivity contribution is 5.92. The molecule has 0 unspecified atom stereocenters. The molecule has 0 radical (unpaired) electrons. The Bertz CT molecular complexity index is 1050. The van der Waals surface area contributed by atoms with Crippen molar-refractivity contribution in [2.24, 2.45) is 0 Å². The van der Waals surface area contributed by atoms with Crippen molar-refractivity contribution in [3.05, 3.63) is 70.8 Å². The maximum Gasteiger partial charge on any atom is 0.274 e. The molecule has 30 heavy (non-hydrogen) atoms. The lowest BCUT2D eigenvalue weighted by Gasteiger charge is -2.34. The van der Waals surface area contributed by atoms with Crippen LogP contribution in [0.15, 0.2) is 36.5 Å². The van der Waals surface area contributed by atoms with Crippen LogP contribution < -0.4 is 0 Å². The summed E-state index contributed by atoms with van der Waals surface area (Å²) in [4.78, 5) is 16.6. The minimum atomic E-state index is -0.836. The topological polar surface area (TPSA) is 59.2 Å². The number of carbonyl (C=O) groups excluding carboxylic acids is 1. The maximum absolute atomic E-state index is 13.9. The molecule has 4 rings (SSSR count). The van der Waals surface area contributed by atoms with Crippen LogP contribution in [0.3, 0.4) is 0 Å². The van der Waals surface area contributed by atoms with E-state index in [1.807, 2.05) is 29.5 Å². The molecule has 3 aromatic rings. The molecule has 1 aliphatic rings. The zero-order valence-electron chi connectivity index (χ0n) is 17.1. The van der Waals surface area contributed by atoms with E-state index >= 15 is 0 Å². The molecular formula is C21H24F2N6O. The van der Waals surface area contributed by atoms with E-state index in [1.165, 1.54) is 6.07 Å². The minimum Gasteiger partial charge on any atom is -0.335 e. The number of benzene rings is 1. The lowest BCUT2D eigenvalue weighted by Crippen LogP contribution is -2.48. The Morgan fingerprint density at radius 3 is 2.53 bits per heavy atom. The maximum atomic E-state index is 13.9. The number of aromatic nitrogens is 4. The summed E-state index contributed by atoms with van der Waals surface area (Å²) < 4.78 is 30.8. The van der Waals surface area contributed by atoms with Gasteiger partial charge in [-0.25, -0.2) is 13.5 Å². The van der Waals surface area contributed by atoms with E-state index in [0.717, 1.165) is 17.5 Å². The van der Waals surface area contributed by atoms with Gasteiger partial charge in [0.15, 0.2) is 11.6 Å². The predicted octanol–water partition coefficient (Wildman–Crippen LogP) is 2.44. The Hall–Kier alpha value is -3.07. The third kappa shape index (κ3) is 4.25. The number of hydrogen-bond donors (Lipinski definition) is 0. The average Bonchev–Trinajstić information content (AvgIpc) is 3.32. The van der Waals surface area contributed by atoms with Crippen LogP contribution in [0.1, 0.15) is 27.4 Å². The summed E-state index contributed by atoms with van der Waals surface area (Å²) in [5.41, 5.74) is 2.69. The van der Waals surface area contributed by atoms with Crippen LogP contribution in [0.2, 0.25) is 0 Å². The Morgan fingerprint density at radius 1 is 1.07 bits per heavy atom. The largest absolute Gasteiger partial charge is 0.335 e. The zero-order chi connectivity index (χ0) is 21.3. The summed E-state index contributed by atoms with van der Waals surface area (Å²) in [7, 11) is 0. The summed E-state index contributed by atoms with van der Waals surface area (Å²) in [6.45, 7) is 6.89. The van der Waals surface area contributed by atoms with Gasteiger partial charge in [0.2, 0.25) is 0 Å². The Kier molecular flexibility index (Phi) is 5.63. The van der Waals surface area contributed by atoms with Crippen molar-refractivity contribution >= 4 is 5.91 Å². The summed E-state index contributed by atoms with van der Waals surface area (Å²) in [5, 5.41) is 8.81. The molecule has 0 aliphatic carbocycles. The number of hydrogen-bond acceptors (Lipinski definition) is 4. The second kappa shape index (κ2) is 8.35. The molecule has 0 atom stereocenters. The van der Waals surface area contributed by atoms with Gasteiger partial charge in [0.25, 0.3) is 5.91 Å².